The largest absolute Gasteiger partial charge is 0.349 e. The molecule has 2 aromatic rings. The number of amides is 1. The van der Waals surface area contributed by atoms with E-state index in [0.29, 0.717) is 6.42 Å². The minimum atomic E-state index is -3.06. The first-order valence-corrected chi connectivity index (χ1v) is 10.9. The van der Waals surface area contributed by atoms with Gasteiger partial charge < -0.3 is 5.32 Å². The lowest BCUT2D eigenvalue weighted by molar-refractivity contribution is -0.121. The van der Waals surface area contributed by atoms with Crippen LogP contribution in [0, 0.1) is 6.92 Å². The molecule has 6 heteroatoms. The summed E-state index contributed by atoms with van der Waals surface area (Å²) in [7, 11) is -3.06. The Bertz CT molecular complexity index is 895. The SMILES string of the molecule is Cc1ccc([C@@H](NCC(=O)N[C@]2(C)CCS(=O)(=O)C2)c2ccccc2)cc1. The van der Waals surface area contributed by atoms with Crippen molar-refractivity contribution in [2.24, 2.45) is 0 Å². The van der Waals surface area contributed by atoms with E-state index in [1.54, 1.807) is 6.92 Å². The van der Waals surface area contributed by atoms with Crippen molar-refractivity contribution >= 4 is 15.7 Å². The first-order valence-electron chi connectivity index (χ1n) is 9.13. The molecule has 1 saturated heterocycles. The van der Waals surface area contributed by atoms with Gasteiger partial charge in [0.05, 0.1) is 29.6 Å². The van der Waals surface area contributed by atoms with E-state index in [9.17, 15) is 13.2 Å². The van der Waals surface area contributed by atoms with Gasteiger partial charge in [0, 0.05) is 0 Å². The highest BCUT2D eigenvalue weighted by Crippen LogP contribution is 2.24. The molecule has 3 rings (SSSR count). The maximum absolute atomic E-state index is 12.5. The van der Waals surface area contributed by atoms with Crippen molar-refractivity contribution in [3.63, 3.8) is 0 Å². The van der Waals surface area contributed by atoms with Crippen molar-refractivity contribution in [1.29, 1.82) is 0 Å². The molecular formula is C21H26N2O3S. The summed E-state index contributed by atoms with van der Waals surface area (Å²) in [5, 5.41) is 6.22. The van der Waals surface area contributed by atoms with Crippen LogP contribution in [0.1, 0.15) is 36.1 Å². The van der Waals surface area contributed by atoms with Crippen LogP contribution < -0.4 is 10.6 Å². The van der Waals surface area contributed by atoms with Gasteiger partial charge in [-0.3, -0.25) is 10.1 Å². The van der Waals surface area contributed by atoms with Gasteiger partial charge in [-0.1, -0.05) is 60.2 Å². The molecule has 5 nitrogen and oxygen atoms in total. The normalized spacial score (nSPS) is 22.3. The molecule has 2 aromatic carbocycles. The second-order valence-corrected chi connectivity index (χ2v) is 9.77. The Kier molecular flexibility index (Phi) is 5.67. The number of aryl methyl sites for hydroxylation is 1. The number of hydrogen-bond acceptors (Lipinski definition) is 4. The van der Waals surface area contributed by atoms with E-state index in [2.05, 4.69) is 34.9 Å². The molecular weight excluding hydrogens is 360 g/mol. The van der Waals surface area contributed by atoms with Crippen LogP contribution in [0.15, 0.2) is 54.6 Å². The van der Waals surface area contributed by atoms with E-state index in [0.717, 1.165) is 11.1 Å². The lowest BCUT2D eigenvalue weighted by atomic mass is 9.97. The minimum absolute atomic E-state index is 0.00577. The van der Waals surface area contributed by atoms with E-state index in [1.807, 2.05) is 37.3 Å². The van der Waals surface area contributed by atoms with Crippen LogP contribution in [-0.4, -0.2) is 37.9 Å². The zero-order valence-corrected chi connectivity index (χ0v) is 16.6. The van der Waals surface area contributed by atoms with E-state index in [1.165, 1.54) is 5.56 Å². The Balaban J connectivity index is 1.70. The molecule has 1 aliphatic rings. The van der Waals surface area contributed by atoms with Crippen molar-refractivity contribution in [3.05, 3.63) is 71.3 Å². The second kappa shape index (κ2) is 7.82. The quantitative estimate of drug-likeness (QED) is 0.799. The van der Waals surface area contributed by atoms with Crippen molar-refractivity contribution in [2.45, 2.75) is 31.8 Å². The average molecular weight is 387 g/mol. The monoisotopic (exact) mass is 386 g/mol. The predicted octanol–water partition coefficient (Wildman–Crippen LogP) is 2.37. The van der Waals surface area contributed by atoms with Crippen LogP contribution in [-0.2, 0) is 14.6 Å². The maximum Gasteiger partial charge on any atom is 0.234 e. The van der Waals surface area contributed by atoms with Crippen molar-refractivity contribution < 1.29 is 13.2 Å². The molecule has 27 heavy (non-hydrogen) atoms. The summed E-state index contributed by atoms with van der Waals surface area (Å²) in [4.78, 5) is 12.5. The molecule has 144 valence electrons. The molecule has 0 aliphatic carbocycles. The minimum Gasteiger partial charge on any atom is -0.349 e. The fraction of sp³-hybridized carbons (Fsp3) is 0.381. The third-order valence-corrected chi connectivity index (χ3v) is 6.86. The van der Waals surface area contributed by atoms with Crippen LogP contribution in [0.5, 0.6) is 0 Å². The highest BCUT2D eigenvalue weighted by molar-refractivity contribution is 7.91. The first kappa shape index (κ1) is 19.6. The summed E-state index contributed by atoms with van der Waals surface area (Å²) in [6.45, 7) is 3.95. The van der Waals surface area contributed by atoms with E-state index in [-0.39, 0.29) is 30.0 Å². The van der Waals surface area contributed by atoms with Crippen LogP contribution >= 0.6 is 0 Å². The smallest absolute Gasteiger partial charge is 0.234 e. The zero-order chi connectivity index (χ0) is 19.5. The number of carbonyl (C=O) groups is 1. The van der Waals surface area contributed by atoms with Gasteiger partial charge in [-0.25, -0.2) is 8.42 Å². The van der Waals surface area contributed by atoms with Gasteiger partial charge in [-0.15, -0.1) is 0 Å². The van der Waals surface area contributed by atoms with Crippen molar-refractivity contribution in [3.8, 4) is 0 Å². The highest BCUT2D eigenvalue weighted by atomic mass is 32.2. The lowest BCUT2D eigenvalue weighted by Gasteiger charge is -2.25. The molecule has 0 aromatic heterocycles. The first-order chi connectivity index (χ1) is 12.8. The molecule has 0 unspecified atom stereocenters. The topological polar surface area (TPSA) is 75.3 Å². The van der Waals surface area contributed by atoms with E-state index < -0.39 is 15.4 Å². The number of benzene rings is 2. The summed E-state index contributed by atoms with van der Waals surface area (Å²) in [5.41, 5.74) is 2.65. The number of carbonyl (C=O) groups excluding carboxylic acids is 1. The molecule has 0 bridgehead atoms. The Morgan fingerprint density at radius 1 is 1.07 bits per heavy atom. The van der Waals surface area contributed by atoms with Gasteiger partial charge in [0.1, 0.15) is 0 Å². The Hall–Kier alpha value is -2.18. The summed E-state index contributed by atoms with van der Waals surface area (Å²) in [5.74, 6) is -0.0541. The van der Waals surface area contributed by atoms with Gasteiger partial charge in [-0.05, 0) is 31.4 Å². The molecule has 0 spiro atoms. The fourth-order valence-corrected chi connectivity index (χ4v) is 5.61. The molecule has 2 N–H and O–H groups in total. The Morgan fingerprint density at radius 3 is 2.30 bits per heavy atom. The molecule has 1 amide bonds. The van der Waals surface area contributed by atoms with Gasteiger partial charge in [0.15, 0.2) is 9.84 Å². The van der Waals surface area contributed by atoms with Crippen LogP contribution in [0.4, 0.5) is 0 Å². The summed E-state index contributed by atoms with van der Waals surface area (Å²) < 4.78 is 23.4. The molecule has 1 aliphatic heterocycles. The highest BCUT2D eigenvalue weighted by Gasteiger charge is 2.39. The van der Waals surface area contributed by atoms with Gasteiger partial charge in [-0.2, -0.15) is 0 Å². The number of sulfone groups is 1. The standard InChI is InChI=1S/C21H26N2O3S/c1-16-8-10-18(11-9-16)20(17-6-4-3-5-7-17)22-14-19(24)23-21(2)12-13-27(25,26)15-21/h3-11,20,22H,12-15H2,1-2H3,(H,23,24)/t20-,21+/m0/s1. The molecule has 1 fully saturated rings. The van der Waals surface area contributed by atoms with E-state index >= 15 is 0 Å². The number of rotatable bonds is 6. The lowest BCUT2D eigenvalue weighted by Crippen LogP contribution is -2.50. The maximum atomic E-state index is 12.5. The Morgan fingerprint density at radius 2 is 1.70 bits per heavy atom. The fourth-order valence-electron chi connectivity index (χ4n) is 3.52. The molecule has 2 atom stereocenters. The number of hydrogen-bond donors (Lipinski definition) is 2. The van der Waals surface area contributed by atoms with Crippen LogP contribution in [0.25, 0.3) is 0 Å². The van der Waals surface area contributed by atoms with Gasteiger partial charge in [0.2, 0.25) is 5.91 Å². The molecule has 0 saturated carbocycles. The van der Waals surface area contributed by atoms with Crippen molar-refractivity contribution in [2.75, 3.05) is 18.1 Å². The van der Waals surface area contributed by atoms with E-state index in [4.69, 9.17) is 0 Å². The summed E-state index contributed by atoms with van der Waals surface area (Å²) >= 11 is 0. The predicted molar refractivity (Wildman–Crippen MR) is 107 cm³/mol. The average Bonchev–Trinajstić information content (AvgIpc) is 2.90. The molecule has 1 heterocycles. The van der Waals surface area contributed by atoms with Crippen molar-refractivity contribution in [1.82, 2.24) is 10.6 Å². The summed E-state index contributed by atoms with van der Waals surface area (Å²) in [6.07, 6.45) is 0.459. The van der Waals surface area contributed by atoms with Crippen LogP contribution in [0.3, 0.4) is 0 Å². The Labute approximate surface area is 161 Å². The van der Waals surface area contributed by atoms with Crippen LogP contribution in [0.2, 0.25) is 0 Å². The third-order valence-electron chi connectivity index (χ3n) is 4.95. The molecule has 0 radical (unpaired) electrons. The van der Waals surface area contributed by atoms with Gasteiger partial charge in [0.25, 0.3) is 0 Å². The number of nitrogens with one attached hydrogen (secondary N) is 2. The second-order valence-electron chi connectivity index (χ2n) is 7.59. The van der Waals surface area contributed by atoms with Gasteiger partial charge >= 0.3 is 0 Å². The third kappa shape index (κ3) is 5.17. The summed E-state index contributed by atoms with van der Waals surface area (Å²) in [6, 6.07) is 18.1. The zero-order valence-electron chi connectivity index (χ0n) is 15.7.